The molecular weight excluding hydrogens is 411 g/mol. The highest BCUT2D eigenvalue weighted by atomic mass is 35.5. The van der Waals surface area contributed by atoms with Crippen LogP contribution in [0.3, 0.4) is 0 Å². The van der Waals surface area contributed by atoms with E-state index in [0.29, 0.717) is 18.0 Å². The summed E-state index contributed by atoms with van der Waals surface area (Å²) in [6, 6.07) is 9.72. The number of rotatable bonds is 7. The summed E-state index contributed by atoms with van der Waals surface area (Å²) in [5.41, 5.74) is 2.02. The van der Waals surface area contributed by atoms with Crippen molar-refractivity contribution >= 4 is 40.7 Å². The molecule has 152 valence electrons. The molecule has 3 rings (SSSR count). The highest BCUT2D eigenvalue weighted by Gasteiger charge is 2.25. The van der Waals surface area contributed by atoms with Gasteiger partial charge in [0.05, 0.1) is 16.3 Å². The minimum absolute atomic E-state index is 0.0970. The Morgan fingerprint density at radius 2 is 1.97 bits per heavy atom. The topological polar surface area (TPSA) is 75.5 Å². The SMILES string of the molecule is CC(C)C(NC(=O)c1ccc(Cl)cc1Cl)C(=O)NCCc1cn2ccccc2n1. The Morgan fingerprint density at radius 1 is 1.17 bits per heavy atom. The van der Waals surface area contributed by atoms with Gasteiger partial charge in [-0.1, -0.05) is 43.1 Å². The lowest BCUT2D eigenvalue weighted by atomic mass is 10.0. The zero-order chi connectivity index (χ0) is 21.0. The Morgan fingerprint density at radius 3 is 2.66 bits per heavy atom. The fraction of sp³-hybridized carbons (Fsp3) is 0.286. The average Bonchev–Trinajstić information content (AvgIpc) is 3.08. The summed E-state index contributed by atoms with van der Waals surface area (Å²) < 4.78 is 1.93. The number of fused-ring (bicyclic) bond motifs is 1. The van der Waals surface area contributed by atoms with Crippen LogP contribution in [0.25, 0.3) is 5.65 Å². The zero-order valence-corrected chi connectivity index (χ0v) is 17.7. The fourth-order valence-corrected chi connectivity index (χ4v) is 3.45. The maximum atomic E-state index is 12.6. The smallest absolute Gasteiger partial charge is 0.253 e. The first-order valence-electron chi connectivity index (χ1n) is 9.31. The molecule has 2 N–H and O–H groups in total. The lowest BCUT2D eigenvalue weighted by molar-refractivity contribution is -0.123. The number of nitrogens with zero attached hydrogens (tertiary/aromatic N) is 2. The summed E-state index contributed by atoms with van der Waals surface area (Å²) in [5, 5.41) is 6.33. The Hall–Kier alpha value is -2.57. The summed E-state index contributed by atoms with van der Waals surface area (Å²) in [5.74, 6) is -0.761. The lowest BCUT2D eigenvalue weighted by Gasteiger charge is -2.22. The first-order valence-corrected chi connectivity index (χ1v) is 10.1. The predicted octanol–water partition coefficient (Wildman–Crippen LogP) is 3.75. The second-order valence-electron chi connectivity index (χ2n) is 7.06. The van der Waals surface area contributed by atoms with E-state index in [9.17, 15) is 9.59 Å². The van der Waals surface area contributed by atoms with Crippen LogP contribution in [0.15, 0.2) is 48.8 Å². The first-order chi connectivity index (χ1) is 13.8. The molecular formula is C21H22Cl2N4O2. The first kappa shape index (κ1) is 21.1. The Bertz CT molecular complexity index is 999. The van der Waals surface area contributed by atoms with E-state index >= 15 is 0 Å². The molecule has 0 radical (unpaired) electrons. The average molecular weight is 433 g/mol. The van der Waals surface area contributed by atoms with E-state index in [0.717, 1.165) is 11.3 Å². The molecule has 0 saturated carbocycles. The molecule has 0 aliphatic heterocycles. The number of pyridine rings is 1. The van der Waals surface area contributed by atoms with Crippen LogP contribution >= 0.6 is 23.2 Å². The molecule has 2 heterocycles. The van der Waals surface area contributed by atoms with Crippen molar-refractivity contribution in [2.75, 3.05) is 6.54 Å². The van der Waals surface area contributed by atoms with Crippen molar-refractivity contribution in [1.29, 1.82) is 0 Å². The van der Waals surface area contributed by atoms with Gasteiger partial charge in [-0.2, -0.15) is 0 Å². The highest BCUT2D eigenvalue weighted by Crippen LogP contribution is 2.21. The van der Waals surface area contributed by atoms with E-state index in [1.807, 2.05) is 48.8 Å². The largest absolute Gasteiger partial charge is 0.354 e. The van der Waals surface area contributed by atoms with E-state index in [2.05, 4.69) is 15.6 Å². The fourth-order valence-electron chi connectivity index (χ4n) is 2.96. The van der Waals surface area contributed by atoms with Crippen LogP contribution in [-0.4, -0.2) is 33.8 Å². The highest BCUT2D eigenvalue weighted by molar-refractivity contribution is 6.36. The summed E-state index contributed by atoms with van der Waals surface area (Å²) >= 11 is 12.0. The lowest BCUT2D eigenvalue weighted by Crippen LogP contribution is -2.50. The van der Waals surface area contributed by atoms with Gasteiger partial charge in [0, 0.05) is 30.4 Å². The van der Waals surface area contributed by atoms with Gasteiger partial charge >= 0.3 is 0 Å². The van der Waals surface area contributed by atoms with Crippen LogP contribution in [0.1, 0.15) is 29.9 Å². The van der Waals surface area contributed by atoms with Gasteiger partial charge in [-0.3, -0.25) is 9.59 Å². The number of nitrogens with one attached hydrogen (secondary N) is 2. The van der Waals surface area contributed by atoms with Crippen molar-refractivity contribution in [3.63, 3.8) is 0 Å². The summed E-state index contributed by atoms with van der Waals surface area (Å²) in [6.45, 7) is 4.16. The van der Waals surface area contributed by atoms with E-state index in [1.165, 1.54) is 6.07 Å². The molecule has 1 unspecified atom stereocenters. The van der Waals surface area contributed by atoms with E-state index < -0.39 is 11.9 Å². The molecule has 6 nitrogen and oxygen atoms in total. The van der Waals surface area contributed by atoms with Gasteiger partial charge in [-0.15, -0.1) is 0 Å². The van der Waals surface area contributed by atoms with Crippen molar-refractivity contribution in [2.24, 2.45) is 5.92 Å². The minimum Gasteiger partial charge on any atom is -0.354 e. The van der Waals surface area contributed by atoms with E-state index in [-0.39, 0.29) is 22.4 Å². The molecule has 8 heteroatoms. The predicted molar refractivity (Wildman–Crippen MR) is 114 cm³/mol. The number of aromatic nitrogens is 2. The third-order valence-corrected chi connectivity index (χ3v) is 5.05. The maximum absolute atomic E-state index is 12.6. The molecule has 0 aliphatic rings. The monoisotopic (exact) mass is 432 g/mol. The number of amides is 2. The molecule has 3 aromatic rings. The van der Waals surface area contributed by atoms with Crippen LogP contribution in [0.5, 0.6) is 0 Å². The number of imidazole rings is 1. The second kappa shape index (κ2) is 9.29. The van der Waals surface area contributed by atoms with Gasteiger partial charge in [0.1, 0.15) is 11.7 Å². The van der Waals surface area contributed by atoms with E-state index in [4.69, 9.17) is 23.2 Å². The van der Waals surface area contributed by atoms with Crippen LogP contribution in [0.2, 0.25) is 10.0 Å². The van der Waals surface area contributed by atoms with Crippen LogP contribution in [0, 0.1) is 5.92 Å². The van der Waals surface area contributed by atoms with Gasteiger partial charge in [0.25, 0.3) is 5.91 Å². The third-order valence-electron chi connectivity index (χ3n) is 4.51. The Kier molecular flexibility index (Phi) is 6.77. The number of hydrogen-bond donors (Lipinski definition) is 2. The Labute approximate surface area is 179 Å². The van der Waals surface area contributed by atoms with Crippen molar-refractivity contribution in [1.82, 2.24) is 20.0 Å². The third kappa shape index (κ3) is 5.28. The van der Waals surface area contributed by atoms with Crippen molar-refractivity contribution < 1.29 is 9.59 Å². The van der Waals surface area contributed by atoms with Gasteiger partial charge in [0.15, 0.2) is 0 Å². The van der Waals surface area contributed by atoms with Crippen LogP contribution in [-0.2, 0) is 11.2 Å². The normalized spacial score (nSPS) is 12.2. The minimum atomic E-state index is -0.685. The molecule has 0 aliphatic carbocycles. The van der Waals surface area contributed by atoms with Gasteiger partial charge in [0.2, 0.25) is 5.91 Å². The van der Waals surface area contributed by atoms with Crippen molar-refractivity contribution in [3.05, 3.63) is 70.1 Å². The van der Waals surface area contributed by atoms with Crippen molar-refractivity contribution in [2.45, 2.75) is 26.3 Å². The van der Waals surface area contributed by atoms with Crippen molar-refractivity contribution in [3.8, 4) is 0 Å². The quantitative estimate of drug-likeness (QED) is 0.596. The summed E-state index contributed by atoms with van der Waals surface area (Å²) in [4.78, 5) is 29.7. The molecule has 2 aromatic heterocycles. The molecule has 1 aromatic carbocycles. The molecule has 0 fully saturated rings. The molecule has 2 amide bonds. The number of halogens is 2. The Balaban J connectivity index is 1.59. The van der Waals surface area contributed by atoms with E-state index in [1.54, 1.807) is 12.1 Å². The molecule has 0 spiro atoms. The summed E-state index contributed by atoms with van der Waals surface area (Å²) in [6.07, 6.45) is 4.46. The summed E-state index contributed by atoms with van der Waals surface area (Å²) in [7, 11) is 0. The van der Waals surface area contributed by atoms with Gasteiger partial charge in [-0.05, 0) is 36.2 Å². The number of carbonyl (C=O) groups excluding carboxylic acids is 2. The molecule has 0 saturated heterocycles. The number of hydrogen-bond acceptors (Lipinski definition) is 3. The maximum Gasteiger partial charge on any atom is 0.253 e. The van der Waals surface area contributed by atoms with Gasteiger partial charge in [-0.25, -0.2) is 4.98 Å². The second-order valence-corrected chi connectivity index (χ2v) is 7.90. The van der Waals surface area contributed by atoms with Gasteiger partial charge < -0.3 is 15.0 Å². The number of carbonyl (C=O) groups is 2. The molecule has 0 bridgehead atoms. The molecule has 29 heavy (non-hydrogen) atoms. The molecule has 1 atom stereocenters. The number of benzene rings is 1. The van der Waals surface area contributed by atoms with Crippen LogP contribution < -0.4 is 10.6 Å². The van der Waals surface area contributed by atoms with Crippen LogP contribution in [0.4, 0.5) is 0 Å². The zero-order valence-electron chi connectivity index (χ0n) is 16.2. The standard InChI is InChI=1S/C21H22Cl2N4O2/c1-13(2)19(26-20(28)16-7-6-14(22)11-17(16)23)21(29)24-9-8-15-12-27-10-4-3-5-18(27)25-15/h3-7,10-13,19H,8-9H2,1-2H3,(H,24,29)(H,26,28).